The van der Waals surface area contributed by atoms with E-state index in [4.69, 9.17) is 0 Å². The second kappa shape index (κ2) is 4.51. The summed E-state index contributed by atoms with van der Waals surface area (Å²) < 4.78 is 2.00. The zero-order valence-corrected chi connectivity index (χ0v) is 12.1. The molecule has 0 aliphatic heterocycles. The summed E-state index contributed by atoms with van der Waals surface area (Å²) in [5, 5.41) is 0. The third kappa shape index (κ3) is 2.13. The van der Waals surface area contributed by atoms with Crippen molar-refractivity contribution in [2.75, 3.05) is 0 Å². The third-order valence-corrected chi connectivity index (χ3v) is 3.74. The van der Waals surface area contributed by atoms with E-state index in [1.165, 1.54) is 0 Å². The highest BCUT2D eigenvalue weighted by Gasteiger charge is 2.32. The van der Waals surface area contributed by atoms with E-state index in [1.54, 1.807) is 18.7 Å². The van der Waals surface area contributed by atoms with E-state index in [9.17, 15) is 4.79 Å². The fourth-order valence-corrected chi connectivity index (χ4v) is 2.71. The van der Waals surface area contributed by atoms with E-state index < -0.39 is 0 Å². The van der Waals surface area contributed by atoms with Gasteiger partial charge < -0.3 is 4.57 Å². The van der Waals surface area contributed by atoms with Crippen molar-refractivity contribution in [3.8, 4) is 11.5 Å². The molecule has 2 aromatic rings. The topological polar surface area (TPSA) is 60.7 Å². The maximum Gasteiger partial charge on any atom is 0.178 e. The molecule has 0 saturated carbocycles. The van der Waals surface area contributed by atoms with E-state index >= 15 is 0 Å². The normalized spacial score (nSPS) is 17.1. The van der Waals surface area contributed by atoms with Gasteiger partial charge in [0.05, 0.1) is 23.8 Å². The number of hydrogen-bond donors (Lipinski definition) is 0. The average molecular weight is 270 g/mol. The molecule has 0 N–H and O–H groups in total. The Kier molecular flexibility index (Phi) is 2.92. The lowest BCUT2D eigenvalue weighted by Crippen LogP contribution is -2.28. The fourth-order valence-electron chi connectivity index (χ4n) is 2.71. The van der Waals surface area contributed by atoms with Crippen molar-refractivity contribution in [1.82, 2.24) is 19.5 Å². The van der Waals surface area contributed by atoms with Crippen LogP contribution in [0.5, 0.6) is 0 Å². The minimum Gasteiger partial charge on any atom is -0.328 e. The van der Waals surface area contributed by atoms with Crippen LogP contribution in [0.4, 0.5) is 0 Å². The number of imidazole rings is 1. The van der Waals surface area contributed by atoms with Crippen LogP contribution in [-0.4, -0.2) is 25.3 Å². The van der Waals surface area contributed by atoms with Gasteiger partial charge in [0.2, 0.25) is 0 Å². The highest BCUT2D eigenvalue weighted by atomic mass is 16.1. The molecule has 2 heterocycles. The molecule has 2 aromatic heterocycles. The molecule has 1 aliphatic carbocycles. The van der Waals surface area contributed by atoms with Gasteiger partial charge in [-0.05, 0) is 18.8 Å². The summed E-state index contributed by atoms with van der Waals surface area (Å²) in [4.78, 5) is 25.2. The molecule has 0 bridgehead atoms. The Bertz CT molecular complexity index is 672. The number of carbonyl (C=O) groups excluding carboxylic acids is 1. The molecule has 5 nitrogen and oxygen atoms in total. The smallest absolute Gasteiger partial charge is 0.178 e. The van der Waals surface area contributed by atoms with Gasteiger partial charge in [-0.1, -0.05) is 13.8 Å². The summed E-state index contributed by atoms with van der Waals surface area (Å²) in [6.45, 7) is 7.08. The molecular formula is C15H18N4O. The number of aryl methyl sites for hydroxylation is 1. The summed E-state index contributed by atoms with van der Waals surface area (Å²) in [7, 11) is 0. The Morgan fingerprint density at radius 1 is 1.30 bits per heavy atom. The molecule has 5 heteroatoms. The standard InChI is InChI=1S/C15H18N4O/c1-4-19-9-16-8-12(19)14-17-7-10-11(18-14)5-15(2,3)6-13(10)20/h7-9H,4-6H2,1-3H3. The van der Waals surface area contributed by atoms with Crippen molar-refractivity contribution in [3.05, 3.63) is 30.0 Å². The maximum absolute atomic E-state index is 12.1. The molecule has 104 valence electrons. The molecule has 0 radical (unpaired) electrons. The number of ketones is 1. The highest BCUT2D eigenvalue weighted by molar-refractivity contribution is 5.98. The van der Waals surface area contributed by atoms with Gasteiger partial charge in [-0.15, -0.1) is 0 Å². The van der Waals surface area contributed by atoms with Crippen LogP contribution >= 0.6 is 0 Å². The van der Waals surface area contributed by atoms with Crippen LogP contribution in [0.1, 0.15) is 43.2 Å². The minimum absolute atomic E-state index is 0.0271. The predicted molar refractivity (Wildman–Crippen MR) is 75.4 cm³/mol. The van der Waals surface area contributed by atoms with Crippen LogP contribution in [0, 0.1) is 5.41 Å². The maximum atomic E-state index is 12.1. The quantitative estimate of drug-likeness (QED) is 0.841. The average Bonchev–Trinajstić information content (AvgIpc) is 2.84. The first-order valence-electron chi connectivity index (χ1n) is 6.90. The molecule has 0 aromatic carbocycles. The van der Waals surface area contributed by atoms with Gasteiger partial charge in [0.1, 0.15) is 5.69 Å². The molecule has 1 aliphatic rings. The van der Waals surface area contributed by atoms with Gasteiger partial charge in [-0.3, -0.25) is 4.79 Å². The van der Waals surface area contributed by atoms with Crippen molar-refractivity contribution >= 4 is 5.78 Å². The highest BCUT2D eigenvalue weighted by Crippen LogP contribution is 2.34. The summed E-state index contributed by atoms with van der Waals surface area (Å²) in [5.74, 6) is 0.792. The third-order valence-electron chi connectivity index (χ3n) is 3.74. The number of fused-ring (bicyclic) bond motifs is 1. The predicted octanol–water partition coefficient (Wildman–Crippen LogP) is 2.52. The van der Waals surface area contributed by atoms with E-state index in [1.807, 2.05) is 4.57 Å². The first kappa shape index (κ1) is 13.0. The monoisotopic (exact) mass is 270 g/mol. The number of rotatable bonds is 2. The molecule has 0 amide bonds. The summed E-state index contributed by atoms with van der Waals surface area (Å²) in [6, 6.07) is 0. The number of hydrogen-bond acceptors (Lipinski definition) is 4. The molecule has 0 spiro atoms. The van der Waals surface area contributed by atoms with Gasteiger partial charge in [-0.2, -0.15) is 0 Å². The Labute approximate surface area is 118 Å². The van der Waals surface area contributed by atoms with E-state index in [-0.39, 0.29) is 11.2 Å². The molecular weight excluding hydrogens is 252 g/mol. The molecule has 3 rings (SSSR count). The summed E-state index contributed by atoms with van der Waals surface area (Å²) in [5.41, 5.74) is 2.41. The lowest BCUT2D eigenvalue weighted by molar-refractivity contribution is 0.0910. The largest absolute Gasteiger partial charge is 0.328 e. The van der Waals surface area contributed by atoms with Gasteiger partial charge in [0.15, 0.2) is 11.6 Å². The lowest BCUT2D eigenvalue weighted by atomic mass is 9.76. The van der Waals surface area contributed by atoms with Crippen LogP contribution in [0.3, 0.4) is 0 Å². The Morgan fingerprint density at radius 3 is 2.85 bits per heavy atom. The van der Waals surface area contributed by atoms with Gasteiger partial charge in [0, 0.05) is 19.2 Å². The number of carbonyl (C=O) groups is 1. The number of aromatic nitrogens is 4. The minimum atomic E-state index is -0.0271. The molecule has 0 unspecified atom stereocenters. The van der Waals surface area contributed by atoms with Crippen LogP contribution in [0.25, 0.3) is 11.5 Å². The lowest BCUT2D eigenvalue weighted by Gasteiger charge is -2.29. The van der Waals surface area contributed by atoms with Crippen LogP contribution in [0.15, 0.2) is 18.7 Å². The van der Waals surface area contributed by atoms with E-state index in [2.05, 4.69) is 35.7 Å². The zero-order chi connectivity index (χ0) is 14.3. The van der Waals surface area contributed by atoms with Crippen molar-refractivity contribution in [1.29, 1.82) is 0 Å². The van der Waals surface area contributed by atoms with Crippen molar-refractivity contribution in [2.24, 2.45) is 5.41 Å². The van der Waals surface area contributed by atoms with Crippen LogP contribution in [-0.2, 0) is 13.0 Å². The zero-order valence-electron chi connectivity index (χ0n) is 12.1. The van der Waals surface area contributed by atoms with Gasteiger partial charge in [-0.25, -0.2) is 15.0 Å². The second-order valence-corrected chi connectivity index (χ2v) is 6.06. The van der Waals surface area contributed by atoms with E-state index in [0.29, 0.717) is 17.8 Å². The van der Waals surface area contributed by atoms with Crippen molar-refractivity contribution in [3.63, 3.8) is 0 Å². The van der Waals surface area contributed by atoms with E-state index in [0.717, 1.165) is 24.4 Å². The van der Waals surface area contributed by atoms with Crippen molar-refractivity contribution in [2.45, 2.75) is 40.2 Å². The molecule has 0 fully saturated rings. The van der Waals surface area contributed by atoms with Crippen LogP contribution in [0.2, 0.25) is 0 Å². The Balaban J connectivity index is 2.08. The van der Waals surface area contributed by atoms with Gasteiger partial charge >= 0.3 is 0 Å². The molecule has 20 heavy (non-hydrogen) atoms. The van der Waals surface area contributed by atoms with Gasteiger partial charge in [0.25, 0.3) is 0 Å². The first-order chi connectivity index (χ1) is 9.50. The second-order valence-electron chi connectivity index (χ2n) is 6.06. The fraction of sp³-hybridized carbons (Fsp3) is 0.467. The molecule has 0 saturated heterocycles. The Hall–Kier alpha value is -2.04. The summed E-state index contributed by atoms with van der Waals surface area (Å²) >= 11 is 0. The molecule has 0 atom stereocenters. The van der Waals surface area contributed by atoms with Crippen molar-refractivity contribution < 1.29 is 4.79 Å². The SMILES string of the molecule is CCn1cncc1-c1ncc2c(n1)CC(C)(C)CC2=O. The van der Waals surface area contributed by atoms with Crippen LogP contribution < -0.4 is 0 Å². The Morgan fingerprint density at radius 2 is 2.10 bits per heavy atom. The number of Topliss-reactive ketones (excluding diaryl/α,β-unsaturated/α-hetero) is 1. The summed E-state index contributed by atoms with van der Waals surface area (Å²) in [6.07, 6.45) is 6.58. The first-order valence-corrected chi connectivity index (χ1v) is 6.90. The number of nitrogens with zero attached hydrogens (tertiary/aromatic N) is 4.